The van der Waals surface area contributed by atoms with E-state index in [9.17, 15) is 4.79 Å². The van der Waals surface area contributed by atoms with Crippen molar-refractivity contribution >= 4 is 33.0 Å². The van der Waals surface area contributed by atoms with E-state index in [2.05, 4.69) is 55.5 Å². The van der Waals surface area contributed by atoms with Crippen LogP contribution in [0, 0.1) is 5.92 Å². The van der Waals surface area contributed by atoms with Gasteiger partial charge in [-0.2, -0.15) is 0 Å². The second-order valence-corrected chi connectivity index (χ2v) is 8.79. The van der Waals surface area contributed by atoms with Gasteiger partial charge in [0, 0.05) is 5.75 Å². The van der Waals surface area contributed by atoms with E-state index in [-0.39, 0.29) is 12.0 Å². The van der Waals surface area contributed by atoms with Gasteiger partial charge in [-0.25, -0.2) is 0 Å². The summed E-state index contributed by atoms with van der Waals surface area (Å²) in [6.45, 7) is 2.15. The van der Waals surface area contributed by atoms with Crippen molar-refractivity contribution < 1.29 is 4.79 Å². The molecule has 2 aromatic carbocycles. The fourth-order valence-corrected chi connectivity index (χ4v) is 5.34. The molecule has 0 fully saturated rings. The fraction of sp³-hybridized carbons (Fsp3) is 0.364. The minimum absolute atomic E-state index is 0.0646. The molecule has 3 rings (SSSR count). The van der Waals surface area contributed by atoms with E-state index in [0.717, 1.165) is 35.8 Å². The van der Waals surface area contributed by atoms with E-state index >= 15 is 0 Å². The lowest BCUT2D eigenvalue weighted by atomic mass is 9.91. The van der Waals surface area contributed by atoms with E-state index in [1.165, 1.54) is 22.9 Å². The van der Waals surface area contributed by atoms with Crippen LogP contribution >= 0.6 is 23.5 Å². The fourth-order valence-electron chi connectivity index (χ4n) is 3.20. The van der Waals surface area contributed by atoms with E-state index in [0.29, 0.717) is 5.12 Å². The van der Waals surface area contributed by atoms with Crippen LogP contribution in [0.5, 0.6) is 0 Å². The second-order valence-electron chi connectivity index (χ2n) is 6.58. The number of hydrogen-bond acceptors (Lipinski definition) is 4. The molecular weight excluding hydrogens is 358 g/mol. The highest BCUT2D eigenvalue weighted by atomic mass is 32.2. The highest BCUT2D eigenvalue weighted by molar-refractivity contribution is 8.44. The van der Waals surface area contributed by atoms with Crippen LogP contribution in [0.2, 0.25) is 0 Å². The molecule has 4 heteroatoms. The van der Waals surface area contributed by atoms with Crippen molar-refractivity contribution in [2.45, 2.75) is 44.4 Å². The Morgan fingerprint density at radius 1 is 0.962 bits per heavy atom. The van der Waals surface area contributed by atoms with Crippen molar-refractivity contribution in [3.63, 3.8) is 0 Å². The molecule has 0 N–H and O–H groups in total. The molecule has 0 bridgehead atoms. The summed E-state index contributed by atoms with van der Waals surface area (Å²) in [6, 6.07) is 21.0. The molecule has 0 saturated carbocycles. The summed E-state index contributed by atoms with van der Waals surface area (Å²) in [4.78, 5) is 17.7. The minimum Gasteiger partial charge on any atom is -0.286 e. The standard InChI is InChI=1S/C22H25NOS2/c1-2-9-19-20(15-14-17-10-5-3-6-11-17)23-22(26-21(19)24)25-16-18-12-7-4-8-13-18/h3-8,10-13,19-20H,2,9,14-16H2,1H3/t19-,20+/m1/s1. The quantitative estimate of drug-likeness (QED) is 0.590. The molecule has 2 aromatic rings. The maximum atomic E-state index is 12.7. The first-order valence-electron chi connectivity index (χ1n) is 9.26. The molecule has 0 amide bonds. The summed E-state index contributed by atoms with van der Waals surface area (Å²) in [5.74, 6) is 0.930. The first-order chi connectivity index (χ1) is 12.8. The molecule has 26 heavy (non-hydrogen) atoms. The minimum atomic E-state index is 0.0646. The van der Waals surface area contributed by atoms with Gasteiger partial charge in [0.25, 0.3) is 0 Å². The normalized spacial score (nSPS) is 20.0. The molecule has 0 radical (unpaired) electrons. The van der Waals surface area contributed by atoms with Crippen LogP contribution in [0.1, 0.15) is 37.3 Å². The summed E-state index contributed by atoms with van der Waals surface area (Å²) in [5.41, 5.74) is 2.59. The van der Waals surface area contributed by atoms with Crippen molar-refractivity contribution in [3.8, 4) is 0 Å². The molecule has 2 atom stereocenters. The molecule has 0 spiro atoms. The lowest BCUT2D eigenvalue weighted by Crippen LogP contribution is -2.30. The van der Waals surface area contributed by atoms with Gasteiger partial charge in [0.15, 0.2) is 0 Å². The van der Waals surface area contributed by atoms with Crippen molar-refractivity contribution in [2.75, 3.05) is 0 Å². The van der Waals surface area contributed by atoms with Gasteiger partial charge < -0.3 is 0 Å². The molecule has 0 saturated heterocycles. The topological polar surface area (TPSA) is 29.4 Å². The maximum absolute atomic E-state index is 12.7. The third-order valence-corrected chi connectivity index (χ3v) is 6.82. The molecule has 2 nitrogen and oxygen atoms in total. The van der Waals surface area contributed by atoms with Crippen molar-refractivity contribution in [1.29, 1.82) is 0 Å². The van der Waals surface area contributed by atoms with Crippen molar-refractivity contribution in [2.24, 2.45) is 10.9 Å². The third-order valence-electron chi connectivity index (χ3n) is 4.60. The zero-order valence-electron chi connectivity index (χ0n) is 15.1. The van der Waals surface area contributed by atoms with Gasteiger partial charge in [-0.1, -0.05) is 85.8 Å². The molecule has 1 aliphatic rings. The Hall–Kier alpha value is -1.52. The molecule has 136 valence electrons. The zero-order chi connectivity index (χ0) is 18.2. The van der Waals surface area contributed by atoms with Gasteiger partial charge in [-0.15, -0.1) is 0 Å². The van der Waals surface area contributed by atoms with Crippen LogP contribution in [-0.4, -0.2) is 15.5 Å². The summed E-state index contributed by atoms with van der Waals surface area (Å²) in [5, 5.41) is 0.301. The first-order valence-corrected chi connectivity index (χ1v) is 11.1. The number of benzene rings is 2. The number of aliphatic imine (C=N–C) groups is 1. The van der Waals surface area contributed by atoms with Crippen molar-refractivity contribution in [3.05, 3.63) is 71.8 Å². The Kier molecular flexibility index (Phi) is 7.39. The smallest absolute Gasteiger partial charge is 0.200 e. The van der Waals surface area contributed by atoms with Crippen LogP contribution in [0.4, 0.5) is 0 Å². The molecule has 1 aliphatic heterocycles. The van der Waals surface area contributed by atoms with E-state index in [1.807, 2.05) is 12.1 Å². The molecular formula is C22H25NOS2. The van der Waals surface area contributed by atoms with Crippen molar-refractivity contribution in [1.82, 2.24) is 0 Å². The Morgan fingerprint density at radius 2 is 1.62 bits per heavy atom. The number of hydrogen-bond donors (Lipinski definition) is 0. The number of rotatable bonds is 7. The highest BCUT2D eigenvalue weighted by Gasteiger charge is 2.33. The Bertz CT molecular complexity index is 730. The first kappa shape index (κ1) is 19.2. The molecule has 0 aliphatic carbocycles. The van der Waals surface area contributed by atoms with E-state index in [1.54, 1.807) is 11.8 Å². The predicted molar refractivity (Wildman–Crippen MR) is 115 cm³/mol. The number of aryl methyl sites for hydroxylation is 1. The monoisotopic (exact) mass is 383 g/mol. The zero-order valence-corrected chi connectivity index (χ0v) is 16.8. The average Bonchev–Trinajstić information content (AvgIpc) is 2.68. The van der Waals surface area contributed by atoms with Gasteiger partial charge in [-0.3, -0.25) is 9.79 Å². The van der Waals surface area contributed by atoms with Crippen LogP contribution in [-0.2, 0) is 17.0 Å². The number of carbonyl (C=O) groups excluding carboxylic acids is 1. The molecule has 0 aromatic heterocycles. The van der Waals surface area contributed by atoms with Gasteiger partial charge in [0.2, 0.25) is 5.12 Å². The molecule has 1 heterocycles. The SMILES string of the molecule is CCC[C@H]1C(=O)SC(SCc2ccccc2)=N[C@H]1CCc1ccccc1. The van der Waals surface area contributed by atoms with Gasteiger partial charge in [-0.05, 0) is 42.2 Å². The Morgan fingerprint density at radius 3 is 2.27 bits per heavy atom. The largest absolute Gasteiger partial charge is 0.286 e. The van der Waals surface area contributed by atoms with Crippen LogP contribution < -0.4 is 0 Å². The summed E-state index contributed by atoms with van der Waals surface area (Å²) in [6.07, 6.45) is 3.88. The van der Waals surface area contributed by atoms with Crippen LogP contribution in [0.15, 0.2) is 65.7 Å². The second kappa shape index (κ2) is 9.98. The lowest BCUT2D eigenvalue weighted by molar-refractivity contribution is -0.115. The third kappa shape index (κ3) is 5.49. The summed E-state index contributed by atoms with van der Waals surface area (Å²) in [7, 11) is 0. The van der Waals surface area contributed by atoms with Crippen LogP contribution in [0.25, 0.3) is 0 Å². The Balaban J connectivity index is 1.67. The summed E-state index contributed by atoms with van der Waals surface area (Å²) < 4.78 is 0.935. The van der Waals surface area contributed by atoms with Gasteiger partial charge in [0.05, 0.1) is 12.0 Å². The average molecular weight is 384 g/mol. The highest BCUT2D eigenvalue weighted by Crippen LogP contribution is 2.35. The number of carbonyl (C=O) groups is 1. The Labute approximate surface area is 164 Å². The van der Waals surface area contributed by atoms with Crippen LogP contribution in [0.3, 0.4) is 0 Å². The number of thioether (sulfide) groups is 2. The van der Waals surface area contributed by atoms with Gasteiger partial charge in [0.1, 0.15) is 4.38 Å². The van der Waals surface area contributed by atoms with E-state index < -0.39 is 0 Å². The maximum Gasteiger partial charge on any atom is 0.200 e. The molecule has 0 unspecified atom stereocenters. The summed E-state index contributed by atoms with van der Waals surface area (Å²) >= 11 is 3.05. The lowest BCUT2D eigenvalue weighted by Gasteiger charge is -2.27. The predicted octanol–water partition coefficient (Wildman–Crippen LogP) is 5.97. The number of nitrogens with zero attached hydrogens (tertiary/aromatic N) is 1. The van der Waals surface area contributed by atoms with Gasteiger partial charge >= 0.3 is 0 Å². The van der Waals surface area contributed by atoms with E-state index in [4.69, 9.17) is 4.99 Å².